The number of rotatable bonds is 8. The molecule has 2 amide bonds. The first-order valence-electron chi connectivity index (χ1n) is 12.7. The van der Waals surface area contributed by atoms with E-state index in [1.165, 1.54) is 17.4 Å². The second-order valence-electron chi connectivity index (χ2n) is 9.61. The zero-order valence-corrected chi connectivity index (χ0v) is 25.8. The van der Waals surface area contributed by atoms with Crippen LogP contribution in [0.25, 0.3) is 32.0 Å². The van der Waals surface area contributed by atoms with Crippen molar-refractivity contribution in [3.05, 3.63) is 58.9 Å². The lowest BCUT2D eigenvalue weighted by molar-refractivity contribution is -0.123. The lowest BCUT2D eigenvalue weighted by Crippen LogP contribution is -2.45. The SMILES string of the molecule is CN1CCN(CCOc2cccc(-c3csc4nc(-c5cccs5)nc(N(C)C5=CC(=O)NC5=O)c34)c2)CC1.Cl.Cl. The summed E-state index contributed by atoms with van der Waals surface area (Å²) in [7, 11) is 3.91. The summed E-state index contributed by atoms with van der Waals surface area (Å²) in [6.45, 7) is 5.80. The number of nitrogens with zero attached hydrogens (tertiary/aromatic N) is 5. The summed E-state index contributed by atoms with van der Waals surface area (Å²) >= 11 is 3.08. The first-order valence-corrected chi connectivity index (χ1v) is 14.5. The average molecular weight is 634 g/mol. The van der Waals surface area contributed by atoms with Crippen LogP contribution in [0.4, 0.5) is 5.82 Å². The minimum atomic E-state index is -0.445. The molecular formula is C28H30Cl2N6O3S2. The molecule has 13 heteroatoms. The summed E-state index contributed by atoms with van der Waals surface area (Å²) in [6.07, 6.45) is 1.31. The number of hydrogen-bond donors (Lipinski definition) is 1. The highest BCUT2D eigenvalue weighted by molar-refractivity contribution is 7.17. The van der Waals surface area contributed by atoms with Crippen LogP contribution in [0.2, 0.25) is 0 Å². The third-order valence-electron chi connectivity index (χ3n) is 6.99. The van der Waals surface area contributed by atoms with E-state index in [9.17, 15) is 9.59 Å². The van der Waals surface area contributed by atoms with E-state index < -0.39 is 11.8 Å². The molecule has 6 rings (SSSR count). The van der Waals surface area contributed by atoms with E-state index >= 15 is 0 Å². The highest BCUT2D eigenvalue weighted by Gasteiger charge is 2.28. The largest absolute Gasteiger partial charge is 0.492 e. The van der Waals surface area contributed by atoms with Gasteiger partial charge in [0.2, 0.25) is 0 Å². The minimum absolute atomic E-state index is 0. The molecule has 0 saturated carbocycles. The van der Waals surface area contributed by atoms with Gasteiger partial charge < -0.3 is 14.5 Å². The van der Waals surface area contributed by atoms with Crippen molar-refractivity contribution in [2.45, 2.75) is 0 Å². The number of piperazine rings is 1. The molecule has 0 radical (unpaired) electrons. The Morgan fingerprint density at radius 3 is 2.56 bits per heavy atom. The molecule has 0 bridgehead atoms. The Bertz CT molecular complexity index is 1570. The number of thiophene rings is 2. The van der Waals surface area contributed by atoms with Crippen molar-refractivity contribution >= 4 is 75.3 Å². The van der Waals surface area contributed by atoms with Crippen molar-refractivity contribution in [2.24, 2.45) is 0 Å². The monoisotopic (exact) mass is 632 g/mol. The number of carbonyl (C=O) groups is 2. The summed E-state index contributed by atoms with van der Waals surface area (Å²) in [4.78, 5) is 42.4. The Morgan fingerprint density at radius 2 is 1.85 bits per heavy atom. The molecule has 3 aromatic heterocycles. The molecular weight excluding hydrogens is 603 g/mol. The standard InChI is InChI=1S/C28H28N6O3S2.2ClH/c1-32-8-10-34(11-9-32)12-13-37-19-6-3-5-18(15-19)20-17-39-28-24(20)26(30-25(31-28)22-7-4-14-38-22)33(2)21-16-23(35)29-27(21)36;;/h3-7,14-17H,8-13H2,1-2H3,(H,29,35,36);2*1H. The van der Waals surface area contributed by atoms with Gasteiger partial charge in [0.05, 0.1) is 10.3 Å². The molecule has 216 valence electrons. The fourth-order valence-electron chi connectivity index (χ4n) is 4.78. The highest BCUT2D eigenvalue weighted by Crippen LogP contribution is 2.41. The number of ether oxygens (including phenoxy) is 1. The fourth-order valence-corrected chi connectivity index (χ4v) is 6.38. The van der Waals surface area contributed by atoms with E-state index in [4.69, 9.17) is 14.7 Å². The molecule has 9 nitrogen and oxygen atoms in total. The number of nitrogens with one attached hydrogen (secondary N) is 1. The normalized spacial score (nSPS) is 15.7. The molecule has 0 atom stereocenters. The summed E-state index contributed by atoms with van der Waals surface area (Å²) in [5, 5.41) is 7.19. The molecule has 0 aliphatic carbocycles. The third-order valence-corrected chi connectivity index (χ3v) is 8.73. The van der Waals surface area contributed by atoms with Gasteiger partial charge in [-0.25, -0.2) is 9.97 Å². The van der Waals surface area contributed by atoms with Gasteiger partial charge in [-0.2, -0.15) is 0 Å². The number of imide groups is 1. The Morgan fingerprint density at radius 1 is 1.05 bits per heavy atom. The number of aromatic nitrogens is 2. The topological polar surface area (TPSA) is 90.9 Å². The molecule has 41 heavy (non-hydrogen) atoms. The van der Waals surface area contributed by atoms with Gasteiger partial charge >= 0.3 is 0 Å². The molecule has 1 N–H and O–H groups in total. The molecule has 4 aromatic rings. The fraction of sp³-hybridized carbons (Fsp3) is 0.286. The Labute approximate surface area is 258 Å². The maximum atomic E-state index is 12.5. The second-order valence-corrected chi connectivity index (χ2v) is 11.4. The summed E-state index contributed by atoms with van der Waals surface area (Å²) in [5.74, 6) is 1.07. The van der Waals surface area contributed by atoms with Gasteiger partial charge in [0.1, 0.15) is 28.7 Å². The van der Waals surface area contributed by atoms with Crippen molar-refractivity contribution in [2.75, 3.05) is 58.3 Å². The van der Waals surface area contributed by atoms with E-state index in [-0.39, 0.29) is 30.5 Å². The molecule has 1 saturated heterocycles. The predicted octanol–water partition coefficient (Wildman–Crippen LogP) is 4.53. The maximum absolute atomic E-state index is 12.5. The van der Waals surface area contributed by atoms with Crippen LogP contribution in [0.15, 0.2) is 58.9 Å². The second kappa shape index (κ2) is 13.3. The summed E-state index contributed by atoms with van der Waals surface area (Å²) < 4.78 is 6.15. The molecule has 1 aromatic carbocycles. The predicted molar refractivity (Wildman–Crippen MR) is 170 cm³/mol. The number of anilines is 1. The molecule has 0 spiro atoms. The van der Waals surface area contributed by atoms with Crippen LogP contribution < -0.4 is 15.0 Å². The van der Waals surface area contributed by atoms with Crippen LogP contribution in [0.5, 0.6) is 5.75 Å². The van der Waals surface area contributed by atoms with Crippen molar-refractivity contribution in [1.29, 1.82) is 0 Å². The summed E-state index contributed by atoms with van der Waals surface area (Å²) in [5.41, 5.74) is 2.17. The minimum Gasteiger partial charge on any atom is -0.492 e. The smallest absolute Gasteiger partial charge is 0.274 e. The van der Waals surface area contributed by atoms with Gasteiger partial charge in [0.15, 0.2) is 5.82 Å². The van der Waals surface area contributed by atoms with Crippen LogP contribution in [0.1, 0.15) is 0 Å². The van der Waals surface area contributed by atoms with Crippen molar-refractivity contribution in [3.63, 3.8) is 0 Å². The Kier molecular flexibility index (Phi) is 10.0. The first-order chi connectivity index (χ1) is 19.0. The van der Waals surface area contributed by atoms with Crippen molar-refractivity contribution in [3.8, 4) is 27.6 Å². The Hall–Kier alpha value is -3.06. The van der Waals surface area contributed by atoms with Gasteiger partial charge in [0.25, 0.3) is 11.8 Å². The zero-order valence-electron chi connectivity index (χ0n) is 22.5. The van der Waals surface area contributed by atoms with E-state index in [0.29, 0.717) is 18.2 Å². The van der Waals surface area contributed by atoms with Gasteiger partial charge in [-0.15, -0.1) is 47.5 Å². The van der Waals surface area contributed by atoms with Crippen LogP contribution in [-0.2, 0) is 9.59 Å². The van der Waals surface area contributed by atoms with E-state index in [1.807, 2.05) is 41.8 Å². The van der Waals surface area contributed by atoms with Crippen LogP contribution in [-0.4, -0.2) is 85.0 Å². The van der Waals surface area contributed by atoms with Gasteiger partial charge in [0, 0.05) is 56.8 Å². The van der Waals surface area contributed by atoms with Crippen molar-refractivity contribution in [1.82, 2.24) is 25.1 Å². The number of amides is 2. The number of likely N-dealkylation sites (N-methyl/N-ethyl adjacent to an activating group) is 2. The third kappa shape index (κ3) is 6.56. The Balaban J connectivity index is 0.00000194. The lowest BCUT2D eigenvalue weighted by Gasteiger charge is -2.32. The first kappa shape index (κ1) is 30.9. The van der Waals surface area contributed by atoms with Crippen LogP contribution in [0, 0.1) is 0 Å². The molecule has 1 fully saturated rings. The quantitative estimate of drug-likeness (QED) is 0.283. The van der Waals surface area contributed by atoms with Crippen molar-refractivity contribution < 1.29 is 14.3 Å². The van der Waals surface area contributed by atoms with E-state index in [0.717, 1.165) is 64.7 Å². The maximum Gasteiger partial charge on any atom is 0.274 e. The number of benzene rings is 1. The van der Waals surface area contributed by atoms with Gasteiger partial charge in [-0.05, 0) is 36.2 Å². The molecule has 0 unspecified atom stereocenters. The number of halogens is 2. The van der Waals surface area contributed by atoms with Gasteiger partial charge in [-0.1, -0.05) is 18.2 Å². The van der Waals surface area contributed by atoms with Gasteiger partial charge in [-0.3, -0.25) is 19.8 Å². The summed E-state index contributed by atoms with van der Waals surface area (Å²) in [6, 6.07) is 12.0. The van der Waals surface area contributed by atoms with Crippen LogP contribution in [0.3, 0.4) is 0 Å². The zero-order chi connectivity index (χ0) is 26.9. The molecule has 2 aliphatic rings. The lowest BCUT2D eigenvalue weighted by atomic mass is 10.1. The number of carbonyl (C=O) groups excluding carboxylic acids is 2. The number of hydrogen-bond acceptors (Lipinski definition) is 10. The number of fused-ring (bicyclic) bond motifs is 1. The van der Waals surface area contributed by atoms with E-state index in [2.05, 4.69) is 27.5 Å². The molecule has 2 aliphatic heterocycles. The van der Waals surface area contributed by atoms with E-state index in [1.54, 1.807) is 23.3 Å². The average Bonchev–Trinajstić information content (AvgIpc) is 3.69. The van der Waals surface area contributed by atoms with Crippen LogP contribution >= 0.6 is 47.5 Å². The molecule has 5 heterocycles. The highest BCUT2D eigenvalue weighted by atomic mass is 35.5.